The van der Waals surface area contributed by atoms with E-state index in [0.717, 1.165) is 10.7 Å². The smallest absolute Gasteiger partial charge is 0.326 e. The van der Waals surface area contributed by atoms with Gasteiger partial charge in [-0.15, -0.1) is 23.1 Å². The van der Waals surface area contributed by atoms with E-state index in [4.69, 9.17) is 10.8 Å². The predicted molar refractivity (Wildman–Crippen MR) is 76.4 cm³/mol. The number of carboxylic acid groups (broad SMARTS) is 1. The Labute approximate surface area is 124 Å². The molecule has 1 aromatic rings. The summed E-state index contributed by atoms with van der Waals surface area (Å²) < 4.78 is 0. The molecule has 0 aliphatic carbocycles. The Kier molecular flexibility index (Phi) is 6.46. The second-order valence-corrected chi connectivity index (χ2v) is 6.03. The molecule has 0 aliphatic heterocycles. The number of carbonyl (C=O) groups is 3. The van der Waals surface area contributed by atoms with Crippen molar-refractivity contribution < 1.29 is 19.5 Å². The Hall–Kier alpha value is -1.61. The quantitative estimate of drug-likeness (QED) is 0.626. The van der Waals surface area contributed by atoms with Gasteiger partial charge in [0.1, 0.15) is 6.04 Å². The number of thioether (sulfide) groups is 1. The van der Waals surface area contributed by atoms with Gasteiger partial charge in [0.2, 0.25) is 11.8 Å². The van der Waals surface area contributed by atoms with Crippen LogP contribution in [0.25, 0.3) is 0 Å². The number of carbonyl (C=O) groups excluding carboxylic acids is 2. The third kappa shape index (κ3) is 6.02. The van der Waals surface area contributed by atoms with E-state index in [0.29, 0.717) is 5.75 Å². The van der Waals surface area contributed by atoms with Gasteiger partial charge in [0, 0.05) is 11.1 Å². The van der Waals surface area contributed by atoms with E-state index in [1.165, 1.54) is 23.1 Å². The highest BCUT2D eigenvalue weighted by atomic mass is 32.2. The second-order valence-electron chi connectivity index (χ2n) is 3.98. The van der Waals surface area contributed by atoms with Crippen LogP contribution < -0.4 is 11.1 Å². The summed E-state index contributed by atoms with van der Waals surface area (Å²) >= 11 is 2.85. The number of amides is 2. The lowest BCUT2D eigenvalue weighted by molar-refractivity contribution is -0.143. The average molecular weight is 317 g/mol. The van der Waals surface area contributed by atoms with Crippen molar-refractivity contribution in [3.05, 3.63) is 16.1 Å². The summed E-state index contributed by atoms with van der Waals surface area (Å²) in [6.45, 7) is 1.90. The van der Waals surface area contributed by atoms with Crippen LogP contribution in [0.4, 0.5) is 0 Å². The molecule has 4 N–H and O–H groups in total. The predicted octanol–water partition coefficient (Wildman–Crippen LogP) is 0.130. The van der Waals surface area contributed by atoms with Gasteiger partial charge in [-0.3, -0.25) is 9.59 Å². The molecule has 1 unspecified atom stereocenters. The van der Waals surface area contributed by atoms with Crippen molar-refractivity contribution in [1.29, 1.82) is 0 Å². The largest absolute Gasteiger partial charge is 0.480 e. The Morgan fingerprint density at radius 3 is 2.75 bits per heavy atom. The van der Waals surface area contributed by atoms with Gasteiger partial charge < -0.3 is 16.2 Å². The fourth-order valence-corrected chi connectivity index (χ4v) is 2.81. The topological polar surface area (TPSA) is 122 Å². The highest BCUT2D eigenvalue weighted by molar-refractivity contribution is 7.99. The van der Waals surface area contributed by atoms with Crippen molar-refractivity contribution in [1.82, 2.24) is 10.3 Å². The van der Waals surface area contributed by atoms with Crippen LogP contribution in [0, 0.1) is 6.92 Å². The van der Waals surface area contributed by atoms with Crippen molar-refractivity contribution >= 4 is 40.9 Å². The third-order valence-electron chi connectivity index (χ3n) is 2.19. The first-order chi connectivity index (χ1) is 9.38. The summed E-state index contributed by atoms with van der Waals surface area (Å²) in [6, 6.07) is -1.28. The van der Waals surface area contributed by atoms with Crippen LogP contribution in [0.5, 0.6) is 0 Å². The molecule has 110 valence electrons. The summed E-state index contributed by atoms with van der Waals surface area (Å²) in [5, 5.41) is 14.0. The van der Waals surface area contributed by atoms with Crippen molar-refractivity contribution in [3.8, 4) is 0 Å². The highest BCUT2D eigenvalue weighted by Gasteiger charge is 2.21. The fraction of sp³-hybridized carbons (Fsp3) is 0.455. The number of nitrogens with zero attached hydrogens (tertiary/aromatic N) is 1. The van der Waals surface area contributed by atoms with Gasteiger partial charge in [-0.1, -0.05) is 0 Å². The number of hydrogen-bond donors (Lipinski definition) is 3. The number of nitrogens with one attached hydrogen (secondary N) is 1. The van der Waals surface area contributed by atoms with Gasteiger partial charge in [-0.05, 0) is 6.92 Å². The number of rotatable bonds is 8. The van der Waals surface area contributed by atoms with Crippen LogP contribution in [0.2, 0.25) is 0 Å². The number of primary amides is 1. The summed E-state index contributed by atoms with van der Waals surface area (Å²) in [7, 11) is 0. The van der Waals surface area contributed by atoms with Crippen LogP contribution >= 0.6 is 23.1 Å². The molecule has 0 aliphatic rings. The third-order valence-corrected chi connectivity index (χ3v) is 3.98. The lowest BCUT2D eigenvalue weighted by Crippen LogP contribution is -2.44. The number of thiazole rings is 1. The van der Waals surface area contributed by atoms with Gasteiger partial charge in [0.15, 0.2) is 0 Å². The Balaban J connectivity index is 2.34. The minimum Gasteiger partial charge on any atom is -0.480 e. The van der Waals surface area contributed by atoms with Gasteiger partial charge in [-0.2, -0.15) is 0 Å². The van der Waals surface area contributed by atoms with Crippen molar-refractivity contribution in [2.24, 2.45) is 5.73 Å². The fourth-order valence-electron chi connectivity index (χ4n) is 1.36. The van der Waals surface area contributed by atoms with E-state index in [-0.39, 0.29) is 5.75 Å². The Bertz CT molecular complexity index is 504. The average Bonchev–Trinajstić information content (AvgIpc) is 2.73. The Morgan fingerprint density at radius 1 is 1.55 bits per heavy atom. The van der Waals surface area contributed by atoms with Crippen molar-refractivity contribution in [2.75, 3.05) is 5.75 Å². The van der Waals surface area contributed by atoms with Gasteiger partial charge in [-0.25, -0.2) is 9.78 Å². The SMILES string of the molecule is Cc1nc(CSCC(=O)NC(CC(N)=O)C(=O)O)cs1. The van der Waals surface area contributed by atoms with E-state index in [2.05, 4.69) is 10.3 Å². The molecule has 1 heterocycles. The lowest BCUT2D eigenvalue weighted by atomic mass is 10.2. The molecule has 1 aromatic heterocycles. The van der Waals surface area contributed by atoms with Gasteiger partial charge >= 0.3 is 5.97 Å². The molecule has 20 heavy (non-hydrogen) atoms. The molecule has 0 radical (unpaired) electrons. The van der Waals surface area contributed by atoms with Crippen LogP contribution in [0.15, 0.2) is 5.38 Å². The number of aliphatic carboxylic acids is 1. The molecule has 0 bridgehead atoms. The molecule has 0 fully saturated rings. The first-order valence-electron chi connectivity index (χ1n) is 5.67. The van der Waals surface area contributed by atoms with Crippen LogP contribution in [-0.2, 0) is 20.1 Å². The summed E-state index contributed by atoms with van der Waals surface area (Å²) in [5.41, 5.74) is 5.81. The van der Waals surface area contributed by atoms with Crippen molar-refractivity contribution in [2.45, 2.75) is 25.1 Å². The monoisotopic (exact) mass is 317 g/mol. The second kappa shape index (κ2) is 7.85. The number of carboxylic acids is 1. The molecule has 0 spiro atoms. The van der Waals surface area contributed by atoms with E-state index < -0.39 is 30.2 Å². The maximum atomic E-state index is 11.6. The van der Waals surface area contributed by atoms with Gasteiger partial charge in [0.25, 0.3) is 0 Å². The molecule has 9 heteroatoms. The zero-order valence-corrected chi connectivity index (χ0v) is 12.4. The first kappa shape index (κ1) is 16.4. The number of aromatic nitrogens is 1. The first-order valence-corrected chi connectivity index (χ1v) is 7.71. The van der Waals surface area contributed by atoms with E-state index >= 15 is 0 Å². The molecule has 0 saturated carbocycles. The van der Waals surface area contributed by atoms with E-state index in [9.17, 15) is 14.4 Å². The normalized spacial score (nSPS) is 11.8. The molecular weight excluding hydrogens is 302 g/mol. The standard InChI is InChI=1S/C11H15N3O4S2/c1-6-13-7(4-20-6)3-19-5-10(16)14-8(11(17)18)2-9(12)15/h4,8H,2-3,5H2,1H3,(H2,12,15)(H,14,16)(H,17,18). The maximum Gasteiger partial charge on any atom is 0.326 e. The van der Waals surface area contributed by atoms with Crippen LogP contribution in [0.3, 0.4) is 0 Å². The zero-order chi connectivity index (χ0) is 15.1. The van der Waals surface area contributed by atoms with E-state index in [1.807, 2.05) is 12.3 Å². The van der Waals surface area contributed by atoms with E-state index in [1.54, 1.807) is 0 Å². The summed E-state index contributed by atoms with van der Waals surface area (Å²) in [5.74, 6) is -1.83. The van der Waals surface area contributed by atoms with Crippen LogP contribution in [-0.4, -0.2) is 39.7 Å². The zero-order valence-electron chi connectivity index (χ0n) is 10.8. The highest BCUT2D eigenvalue weighted by Crippen LogP contribution is 2.14. The number of hydrogen-bond acceptors (Lipinski definition) is 6. The van der Waals surface area contributed by atoms with Gasteiger partial charge in [0.05, 0.1) is 22.9 Å². The van der Waals surface area contributed by atoms with Crippen molar-refractivity contribution in [3.63, 3.8) is 0 Å². The molecule has 7 nitrogen and oxygen atoms in total. The maximum absolute atomic E-state index is 11.6. The Morgan fingerprint density at radius 2 is 2.25 bits per heavy atom. The molecule has 1 rings (SSSR count). The molecule has 1 atom stereocenters. The molecule has 0 aromatic carbocycles. The molecule has 2 amide bonds. The summed E-state index contributed by atoms with van der Waals surface area (Å²) in [6.07, 6.45) is -0.420. The lowest BCUT2D eigenvalue weighted by Gasteiger charge is -2.12. The summed E-state index contributed by atoms with van der Waals surface area (Å²) in [4.78, 5) is 37.3. The number of nitrogens with two attached hydrogens (primary N) is 1. The number of aryl methyl sites for hydroxylation is 1. The van der Waals surface area contributed by atoms with Crippen LogP contribution in [0.1, 0.15) is 17.1 Å². The molecular formula is C11H15N3O4S2. The minimum atomic E-state index is -1.28. The minimum absolute atomic E-state index is 0.0963. The molecule has 0 saturated heterocycles.